The lowest BCUT2D eigenvalue weighted by atomic mass is 9.68. The zero-order chi connectivity index (χ0) is 9.64. The molecule has 2 aliphatic rings. The summed E-state index contributed by atoms with van der Waals surface area (Å²) in [5.41, 5.74) is 1.03. The monoisotopic (exact) mass is 178 g/mol. The van der Waals surface area contributed by atoms with Crippen molar-refractivity contribution in [2.45, 2.75) is 40.0 Å². The Kier molecular flexibility index (Phi) is 1.86. The molecule has 0 spiro atoms. The standard InChI is InChI=1S/C12H18O/c1-8(2)12-5-4-10(7-12)6-9(3)11(12)13/h6,8,10H,4-5,7H2,1-3H3. The van der Waals surface area contributed by atoms with E-state index < -0.39 is 0 Å². The molecule has 2 atom stereocenters. The number of hydrogen-bond acceptors (Lipinski definition) is 1. The molecule has 0 radical (unpaired) electrons. The lowest BCUT2D eigenvalue weighted by Gasteiger charge is -2.34. The van der Waals surface area contributed by atoms with E-state index in [1.807, 2.05) is 6.92 Å². The summed E-state index contributed by atoms with van der Waals surface area (Å²) < 4.78 is 0. The van der Waals surface area contributed by atoms with Gasteiger partial charge >= 0.3 is 0 Å². The Hall–Kier alpha value is -0.590. The zero-order valence-corrected chi connectivity index (χ0v) is 8.76. The van der Waals surface area contributed by atoms with Crippen LogP contribution >= 0.6 is 0 Å². The predicted octanol–water partition coefficient (Wildman–Crippen LogP) is 2.96. The van der Waals surface area contributed by atoms with Crippen molar-refractivity contribution < 1.29 is 4.79 Å². The molecule has 72 valence electrons. The van der Waals surface area contributed by atoms with Crippen LogP contribution in [0.25, 0.3) is 0 Å². The van der Waals surface area contributed by atoms with Crippen molar-refractivity contribution in [3.63, 3.8) is 0 Å². The van der Waals surface area contributed by atoms with Gasteiger partial charge in [-0.2, -0.15) is 0 Å². The molecule has 0 aromatic rings. The summed E-state index contributed by atoms with van der Waals surface area (Å²) in [5.74, 6) is 1.63. The molecule has 1 saturated carbocycles. The Labute approximate surface area is 80.2 Å². The largest absolute Gasteiger partial charge is 0.294 e. The van der Waals surface area contributed by atoms with Crippen molar-refractivity contribution in [2.75, 3.05) is 0 Å². The van der Waals surface area contributed by atoms with Crippen molar-refractivity contribution >= 4 is 5.78 Å². The van der Waals surface area contributed by atoms with Gasteiger partial charge in [-0.05, 0) is 43.6 Å². The highest BCUT2D eigenvalue weighted by molar-refractivity contribution is 6.00. The third-order valence-electron chi connectivity index (χ3n) is 3.99. The van der Waals surface area contributed by atoms with Crippen molar-refractivity contribution in [1.29, 1.82) is 0 Å². The van der Waals surface area contributed by atoms with E-state index in [1.165, 1.54) is 6.42 Å². The maximum absolute atomic E-state index is 12.1. The maximum atomic E-state index is 12.1. The molecule has 13 heavy (non-hydrogen) atoms. The van der Waals surface area contributed by atoms with Crippen LogP contribution in [0.2, 0.25) is 0 Å². The van der Waals surface area contributed by atoms with Crippen LogP contribution in [0.4, 0.5) is 0 Å². The van der Waals surface area contributed by atoms with E-state index in [0.717, 1.165) is 18.4 Å². The van der Waals surface area contributed by atoms with E-state index in [4.69, 9.17) is 0 Å². The van der Waals surface area contributed by atoms with E-state index in [2.05, 4.69) is 19.9 Å². The highest BCUT2D eigenvalue weighted by Gasteiger charge is 2.49. The quantitative estimate of drug-likeness (QED) is 0.603. The number of hydrogen-bond donors (Lipinski definition) is 0. The van der Waals surface area contributed by atoms with Gasteiger partial charge in [0.25, 0.3) is 0 Å². The highest BCUT2D eigenvalue weighted by Crippen LogP contribution is 2.52. The number of fused-ring (bicyclic) bond motifs is 2. The summed E-state index contributed by atoms with van der Waals surface area (Å²) in [7, 11) is 0. The van der Waals surface area contributed by atoms with E-state index in [1.54, 1.807) is 0 Å². The lowest BCUT2D eigenvalue weighted by Crippen LogP contribution is -2.36. The normalized spacial score (nSPS) is 38.3. The fourth-order valence-corrected chi connectivity index (χ4v) is 3.07. The number of carbonyl (C=O) groups is 1. The summed E-state index contributed by atoms with van der Waals surface area (Å²) >= 11 is 0. The van der Waals surface area contributed by atoms with E-state index in [-0.39, 0.29) is 5.41 Å². The second kappa shape index (κ2) is 2.70. The number of rotatable bonds is 1. The molecule has 0 heterocycles. The van der Waals surface area contributed by atoms with Gasteiger partial charge in [0.1, 0.15) is 0 Å². The molecule has 0 aromatic heterocycles. The Balaban J connectivity index is 2.41. The van der Waals surface area contributed by atoms with Gasteiger partial charge in [0.05, 0.1) is 0 Å². The molecule has 2 rings (SSSR count). The molecule has 1 heteroatoms. The van der Waals surface area contributed by atoms with Crippen molar-refractivity contribution in [3.05, 3.63) is 11.6 Å². The van der Waals surface area contributed by atoms with Gasteiger partial charge in [-0.25, -0.2) is 0 Å². The molecular formula is C12H18O. The molecule has 1 fully saturated rings. The fourth-order valence-electron chi connectivity index (χ4n) is 3.07. The van der Waals surface area contributed by atoms with Gasteiger partial charge in [0.2, 0.25) is 0 Å². The number of allylic oxidation sites excluding steroid dienone is 2. The number of ketones is 1. The Morgan fingerprint density at radius 2 is 2.23 bits per heavy atom. The number of Topliss-reactive ketones (excluding diaryl/α,β-unsaturated/α-hetero) is 1. The average molecular weight is 178 g/mol. The zero-order valence-electron chi connectivity index (χ0n) is 8.76. The SMILES string of the molecule is CC1=CC2CCC(C(C)C)(C2)C1=O. The topological polar surface area (TPSA) is 17.1 Å². The molecule has 1 nitrogen and oxygen atoms in total. The Bertz CT molecular complexity index is 275. The summed E-state index contributed by atoms with van der Waals surface area (Å²) in [6, 6.07) is 0. The first-order valence-corrected chi connectivity index (χ1v) is 5.29. The number of carbonyl (C=O) groups excluding carboxylic acids is 1. The van der Waals surface area contributed by atoms with E-state index >= 15 is 0 Å². The first kappa shape index (κ1) is 8.98. The Morgan fingerprint density at radius 1 is 1.54 bits per heavy atom. The highest BCUT2D eigenvalue weighted by atomic mass is 16.1. The van der Waals surface area contributed by atoms with Crippen LogP contribution in [0.1, 0.15) is 40.0 Å². The third-order valence-corrected chi connectivity index (χ3v) is 3.99. The maximum Gasteiger partial charge on any atom is 0.164 e. The van der Waals surface area contributed by atoms with Crippen LogP contribution in [0.5, 0.6) is 0 Å². The molecule has 2 unspecified atom stereocenters. The molecule has 0 amide bonds. The fraction of sp³-hybridized carbons (Fsp3) is 0.750. The molecular weight excluding hydrogens is 160 g/mol. The van der Waals surface area contributed by atoms with Crippen LogP contribution in [0, 0.1) is 17.3 Å². The van der Waals surface area contributed by atoms with Gasteiger partial charge < -0.3 is 0 Å². The summed E-state index contributed by atoms with van der Waals surface area (Å²) in [6.07, 6.45) is 5.64. The van der Waals surface area contributed by atoms with Crippen LogP contribution in [-0.2, 0) is 4.79 Å². The van der Waals surface area contributed by atoms with Gasteiger partial charge in [-0.1, -0.05) is 19.9 Å². The lowest BCUT2D eigenvalue weighted by molar-refractivity contribution is -0.127. The second-order valence-electron chi connectivity index (χ2n) is 4.99. The second-order valence-corrected chi connectivity index (χ2v) is 4.99. The van der Waals surface area contributed by atoms with E-state index in [9.17, 15) is 4.79 Å². The van der Waals surface area contributed by atoms with Gasteiger partial charge in [-0.3, -0.25) is 4.79 Å². The summed E-state index contributed by atoms with van der Waals surface area (Å²) in [6.45, 7) is 6.37. The van der Waals surface area contributed by atoms with Crippen LogP contribution < -0.4 is 0 Å². The van der Waals surface area contributed by atoms with E-state index in [0.29, 0.717) is 17.6 Å². The average Bonchev–Trinajstić information content (AvgIpc) is 2.43. The minimum atomic E-state index is 0.0174. The molecule has 0 N–H and O–H groups in total. The van der Waals surface area contributed by atoms with Crippen LogP contribution in [-0.4, -0.2) is 5.78 Å². The van der Waals surface area contributed by atoms with Crippen molar-refractivity contribution in [1.82, 2.24) is 0 Å². The Morgan fingerprint density at radius 3 is 2.85 bits per heavy atom. The smallest absolute Gasteiger partial charge is 0.164 e. The van der Waals surface area contributed by atoms with Gasteiger partial charge in [0.15, 0.2) is 5.78 Å². The van der Waals surface area contributed by atoms with Crippen LogP contribution in [0.15, 0.2) is 11.6 Å². The first-order chi connectivity index (χ1) is 6.06. The summed E-state index contributed by atoms with van der Waals surface area (Å²) in [4.78, 5) is 12.1. The van der Waals surface area contributed by atoms with Gasteiger partial charge in [-0.15, -0.1) is 0 Å². The van der Waals surface area contributed by atoms with Crippen molar-refractivity contribution in [3.8, 4) is 0 Å². The molecule has 0 aromatic carbocycles. The minimum Gasteiger partial charge on any atom is -0.294 e. The molecule has 2 bridgehead atoms. The van der Waals surface area contributed by atoms with Crippen LogP contribution in [0.3, 0.4) is 0 Å². The molecule has 0 saturated heterocycles. The summed E-state index contributed by atoms with van der Waals surface area (Å²) in [5, 5.41) is 0. The van der Waals surface area contributed by atoms with Gasteiger partial charge in [0, 0.05) is 5.41 Å². The molecule has 2 aliphatic carbocycles. The third kappa shape index (κ3) is 1.09. The van der Waals surface area contributed by atoms with Crippen molar-refractivity contribution in [2.24, 2.45) is 17.3 Å². The first-order valence-electron chi connectivity index (χ1n) is 5.29. The minimum absolute atomic E-state index is 0.0174. The molecule has 0 aliphatic heterocycles. The predicted molar refractivity (Wildman–Crippen MR) is 53.4 cm³/mol.